The van der Waals surface area contributed by atoms with E-state index in [0.29, 0.717) is 11.6 Å². The molecule has 0 N–H and O–H groups in total. The Morgan fingerprint density at radius 3 is 1.09 bits per heavy atom. The van der Waals surface area contributed by atoms with Gasteiger partial charge in [0.15, 0.2) is 11.5 Å². The van der Waals surface area contributed by atoms with Crippen LogP contribution in [0.3, 0.4) is 0 Å². The standard InChI is InChI=1S/2C14H16N4O5.Ca/c2*1-18(2)9-6-5-8(12(15-9)13(19)20)23-14-16-10(21-3)7-11(17-14)22-4;/h2*5-7H,1-4H3,(H,19,20);/q;;+2/p-2. The van der Waals surface area contributed by atoms with Gasteiger partial charge in [0.1, 0.15) is 23.0 Å². The van der Waals surface area contributed by atoms with Crippen molar-refractivity contribution >= 4 is 61.3 Å². The van der Waals surface area contributed by atoms with E-state index in [1.165, 1.54) is 52.7 Å². The van der Waals surface area contributed by atoms with Crippen molar-refractivity contribution in [3.8, 4) is 47.0 Å². The number of rotatable bonds is 12. The molecule has 0 saturated heterocycles. The Kier molecular flexibility index (Phi) is 14.4. The second-order valence-corrected chi connectivity index (χ2v) is 9.07. The summed E-state index contributed by atoms with van der Waals surface area (Å²) in [5.74, 6) is -1.32. The van der Waals surface area contributed by atoms with Gasteiger partial charge in [-0.25, -0.2) is 9.97 Å². The predicted molar refractivity (Wildman–Crippen MR) is 162 cm³/mol. The van der Waals surface area contributed by atoms with Gasteiger partial charge in [0.05, 0.1) is 52.5 Å². The van der Waals surface area contributed by atoms with Crippen LogP contribution < -0.4 is 48.4 Å². The summed E-state index contributed by atoms with van der Waals surface area (Å²) in [7, 11) is 12.6. The first-order valence-corrected chi connectivity index (χ1v) is 13.0. The van der Waals surface area contributed by atoms with Crippen molar-refractivity contribution in [2.75, 3.05) is 66.4 Å². The molecule has 4 rings (SSSR count). The molecule has 19 heteroatoms. The molecule has 0 spiro atoms. The van der Waals surface area contributed by atoms with Crippen molar-refractivity contribution in [3.05, 3.63) is 47.8 Å². The third-order valence-corrected chi connectivity index (χ3v) is 5.55. The summed E-state index contributed by atoms with van der Waals surface area (Å²) in [6, 6.07) is 8.73. The molecular weight excluding hydrogens is 648 g/mol. The van der Waals surface area contributed by atoms with Gasteiger partial charge in [-0.3, -0.25) is 0 Å². The molecule has 0 aromatic carbocycles. The molecule has 0 aliphatic carbocycles. The van der Waals surface area contributed by atoms with Crippen LogP contribution in [-0.2, 0) is 0 Å². The zero-order chi connectivity index (χ0) is 34.0. The van der Waals surface area contributed by atoms with Crippen LogP contribution in [0.5, 0.6) is 47.0 Å². The minimum atomic E-state index is -1.47. The smallest absolute Gasteiger partial charge is 0.543 e. The van der Waals surface area contributed by atoms with Crippen molar-refractivity contribution in [2.24, 2.45) is 0 Å². The molecular formula is C28H30CaN8O10. The van der Waals surface area contributed by atoms with Gasteiger partial charge >= 0.3 is 49.8 Å². The Hall–Kier alpha value is -4.94. The number of aromatic carboxylic acids is 2. The SMILES string of the molecule is COc1cc(OC)nc(Oc2ccc(N(C)C)nc2C(=O)[O-])n1.COc1cc(OC)nc(Oc2ccc(N(C)C)nc2C(=O)[O-])n1.[Ca+2]. The molecule has 0 aliphatic rings. The number of aromatic nitrogens is 6. The van der Waals surface area contributed by atoms with Crippen LogP contribution in [0.4, 0.5) is 11.6 Å². The van der Waals surface area contributed by atoms with Crippen molar-refractivity contribution < 1.29 is 48.2 Å². The summed E-state index contributed by atoms with van der Waals surface area (Å²) in [6.45, 7) is 0. The monoisotopic (exact) mass is 678 g/mol. The first-order valence-electron chi connectivity index (χ1n) is 13.0. The fraction of sp³-hybridized carbons (Fsp3) is 0.286. The second-order valence-electron chi connectivity index (χ2n) is 9.07. The maximum Gasteiger partial charge on any atom is 2.00 e. The molecule has 4 aromatic rings. The zero-order valence-corrected chi connectivity index (χ0v) is 29.0. The number of nitrogens with zero attached hydrogens (tertiary/aromatic N) is 8. The summed E-state index contributed by atoms with van der Waals surface area (Å²) in [5, 5.41) is 22.5. The van der Waals surface area contributed by atoms with Gasteiger partial charge in [0, 0.05) is 28.2 Å². The molecule has 4 heterocycles. The third-order valence-electron chi connectivity index (χ3n) is 5.55. The van der Waals surface area contributed by atoms with E-state index >= 15 is 0 Å². The Bertz CT molecular complexity index is 1530. The first kappa shape index (κ1) is 38.2. The Balaban J connectivity index is 0.000000320. The Morgan fingerprint density at radius 2 is 0.851 bits per heavy atom. The summed E-state index contributed by atoms with van der Waals surface area (Å²) < 4.78 is 30.8. The number of carbonyl (C=O) groups excluding carboxylic acids is 2. The number of pyridine rings is 2. The van der Waals surface area contributed by atoms with Gasteiger partial charge in [0.25, 0.3) is 0 Å². The number of hydrogen-bond acceptors (Lipinski definition) is 18. The van der Waals surface area contributed by atoms with Gasteiger partial charge in [-0.1, -0.05) is 0 Å². The fourth-order valence-corrected chi connectivity index (χ4v) is 3.30. The molecule has 18 nitrogen and oxygen atoms in total. The van der Waals surface area contributed by atoms with Crippen LogP contribution in [0.15, 0.2) is 36.4 Å². The minimum Gasteiger partial charge on any atom is -0.543 e. The topological polar surface area (TPSA) is 219 Å². The van der Waals surface area contributed by atoms with Crippen LogP contribution in [0, 0.1) is 0 Å². The van der Waals surface area contributed by atoms with Crippen molar-refractivity contribution in [1.29, 1.82) is 0 Å². The molecule has 0 atom stereocenters. The molecule has 0 saturated carbocycles. The van der Waals surface area contributed by atoms with E-state index in [1.54, 1.807) is 50.1 Å². The van der Waals surface area contributed by atoms with E-state index in [-0.39, 0.29) is 96.2 Å². The minimum absolute atomic E-state index is 0. The molecule has 0 unspecified atom stereocenters. The van der Waals surface area contributed by atoms with Gasteiger partial charge in [-0.05, 0) is 24.3 Å². The van der Waals surface area contributed by atoms with Gasteiger partial charge in [0.2, 0.25) is 23.5 Å². The van der Waals surface area contributed by atoms with Gasteiger partial charge < -0.3 is 58.0 Å². The largest absolute Gasteiger partial charge is 2.00 e. The summed E-state index contributed by atoms with van der Waals surface area (Å²) in [6.07, 6.45) is 0. The van der Waals surface area contributed by atoms with Crippen LogP contribution in [-0.4, -0.2) is 136 Å². The molecule has 4 aromatic heterocycles. The Morgan fingerprint density at radius 1 is 0.553 bits per heavy atom. The molecule has 0 aliphatic heterocycles. The van der Waals surface area contributed by atoms with Crippen molar-refractivity contribution in [2.45, 2.75) is 0 Å². The van der Waals surface area contributed by atoms with Crippen LogP contribution in [0.1, 0.15) is 21.0 Å². The average Bonchev–Trinajstić information content (AvgIpc) is 3.04. The Labute approximate surface area is 299 Å². The van der Waals surface area contributed by atoms with Crippen molar-refractivity contribution in [1.82, 2.24) is 29.9 Å². The normalized spacial score (nSPS) is 9.87. The van der Waals surface area contributed by atoms with E-state index in [0.717, 1.165) is 0 Å². The number of anilines is 2. The van der Waals surface area contributed by atoms with Gasteiger partial charge in [-0.15, -0.1) is 0 Å². The average molecular weight is 679 g/mol. The third kappa shape index (κ3) is 10.5. The summed E-state index contributed by atoms with van der Waals surface area (Å²) >= 11 is 0. The van der Waals surface area contributed by atoms with E-state index in [4.69, 9.17) is 28.4 Å². The molecule has 0 radical (unpaired) electrons. The van der Waals surface area contributed by atoms with Crippen LogP contribution in [0.2, 0.25) is 0 Å². The quantitative estimate of drug-likeness (QED) is 0.178. The predicted octanol–water partition coefficient (Wildman–Crippen LogP) is -0.160. The molecule has 47 heavy (non-hydrogen) atoms. The van der Waals surface area contributed by atoms with Crippen LogP contribution >= 0.6 is 0 Å². The first-order chi connectivity index (χ1) is 21.9. The van der Waals surface area contributed by atoms with E-state index in [9.17, 15) is 19.8 Å². The van der Waals surface area contributed by atoms with E-state index in [2.05, 4.69) is 29.9 Å². The number of ether oxygens (including phenoxy) is 6. The van der Waals surface area contributed by atoms with E-state index in [1.807, 2.05) is 0 Å². The molecule has 0 amide bonds. The molecule has 0 fully saturated rings. The summed E-state index contributed by atoms with van der Waals surface area (Å²) in [5.41, 5.74) is -0.719. The zero-order valence-electron chi connectivity index (χ0n) is 26.8. The maximum atomic E-state index is 11.3. The van der Waals surface area contributed by atoms with Crippen molar-refractivity contribution in [3.63, 3.8) is 0 Å². The van der Waals surface area contributed by atoms with Gasteiger partial charge in [-0.2, -0.15) is 19.9 Å². The second kappa shape index (κ2) is 17.7. The van der Waals surface area contributed by atoms with E-state index < -0.39 is 11.9 Å². The number of carbonyl (C=O) groups is 2. The number of methoxy groups -OCH3 is 4. The van der Waals surface area contributed by atoms with Crippen LogP contribution in [0.25, 0.3) is 0 Å². The number of carboxylic acids is 2. The fourth-order valence-electron chi connectivity index (χ4n) is 3.30. The molecule has 0 bridgehead atoms. The molecule has 244 valence electrons. The maximum absolute atomic E-state index is 11.3. The number of hydrogen-bond donors (Lipinski definition) is 0. The summed E-state index contributed by atoms with van der Waals surface area (Å²) in [4.78, 5) is 49.7. The number of carboxylic acid groups (broad SMARTS) is 2.